The van der Waals surface area contributed by atoms with Gasteiger partial charge in [-0.2, -0.15) is 5.26 Å². The summed E-state index contributed by atoms with van der Waals surface area (Å²) in [6.07, 6.45) is 1.39. The molecule has 0 heterocycles. The number of rotatable bonds is 10. The van der Waals surface area contributed by atoms with Gasteiger partial charge in [0.2, 0.25) is 0 Å². The lowest BCUT2D eigenvalue weighted by Gasteiger charge is -2.15. The number of carbonyl (C=O) groups is 3. The van der Waals surface area contributed by atoms with Crippen LogP contribution in [-0.2, 0) is 14.3 Å². The summed E-state index contributed by atoms with van der Waals surface area (Å²) in [6, 6.07) is 17.8. The Bertz CT molecular complexity index is 1430. The second-order valence-corrected chi connectivity index (χ2v) is 9.09. The first kappa shape index (κ1) is 29.2. The molecule has 9 nitrogen and oxygen atoms in total. The van der Waals surface area contributed by atoms with Crippen molar-refractivity contribution in [3.63, 3.8) is 0 Å². The third-order valence-corrected chi connectivity index (χ3v) is 5.89. The largest absolute Gasteiger partial charge is 0.490 e. The van der Waals surface area contributed by atoms with Crippen molar-refractivity contribution in [3.8, 4) is 17.6 Å². The van der Waals surface area contributed by atoms with Crippen molar-refractivity contribution >= 4 is 62.8 Å². The fourth-order valence-corrected chi connectivity index (χ4v) is 3.96. The molecular formula is C28H23BrClN3O6. The lowest BCUT2D eigenvalue weighted by atomic mass is 10.1. The molecule has 39 heavy (non-hydrogen) atoms. The standard InChI is InChI=1S/C28H23BrClN3O6/c1-3-38-24-14-17(12-19(15-31)27(35)33-22-8-4-18(5-9-22)28(36)37-2)13-23(29)26(24)39-16-25(34)32-21-10-6-20(30)7-11-21/h4-14H,3,16H2,1-2H3,(H,32,34)(H,33,35)/b19-12+. The number of amides is 2. The van der Waals surface area contributed by atoms with E-state index >= 15 is 0 Å². The van der Waals surface area contributed by atoms with Crippen molar-refractivity contribution in [2.45, 2.75) is 6.92 Å². The predicted molar refractivity (Wildman–Crippen MR) is 151 cm³/mol. The van der Waals surface area contributed by atoms with Crippen LogP contribution >= 0.6 is 27.5 Å². The molecule has 3 rings (SSSR count). The molecule has 0 bridgehead atoms. The van der Waals surface area contributed by atoms with E-state index in [1.54, 1.807) is 43.3 Å². The van der Waals surface area contributed by atoms with E-state index in [1.807, 2.05) is 6.07 Å². The second kappa shape index (κ2) is 14.0. The normalized spacial score (nSPS) is 10.7. The molecule has 0 fully saturated rings. The number of benzene rings is 3. The highest BCUT2D eigenvalue weighted by molar-refractivity contribution is 9.10. The highest BCUT2D eigenvalue weighted by Crippen LogP contribution is 2.37. The maximum atomic E-state index is 12.7. The zero-order valence-corrected chi connectivity index (χ0v) is 23.3. The number of carbonyl (C=O) groups excluding carboxylic acids is 3. The molecule has 2 N–H and O–H groups in total. The molecule has 0 aromatic heterocycles. The van der Waals surface area contributed by atoms with Gasteiger partial charge in [-0.05, 0) is 95.2 Å². The summed E-state index contributed by atoms with van der Waals surface area (Å²) >= 11 is 9.28. The molecule has 0 saturated heterocycles. The molecule has 0 aliphatic heterocycles. The van der Waals surface area contributed by atoms with Crippen molar-refractivity contribution in [2.75, 3.05) is 31.0 Å². The van der Waals surface area contributed by atoms with Gasteiger partial charge >= 0.3 is 5.97 Å². The highest BCUT2D eigenvalue weighted by atomic mass is 79.9. The van der Waals surface area contributed by atoms with Crippen LogP contribution in [0, 0.1) is 11.3 Å². The molecule has 0 aliphatic rings. The van der Waals surface area contributed by atoms with Gasteiger partial charge < -0.3 is 24.8 Å². The first-order valence-corrected chi connectivity index (χ1v) is 12.7. The van der Waals surface area contributed by atoms with Gasteiger partial charge in [-0.3, -0.25) is 9.59 Å². The number of nitriles is 1. The summed E-state index contributed by atoms with van der Waals surface area (Å²) < 4.78 is 16.5. The van der Waals surface area contributed by atoms with E-state index in [2.05, 4.69) is 31.3 Å². The number of halogens is 2. The van der Waals surface area contributed by atoms with Crippen molar-refractivity contribution < 1.29 is 28.6 Å². The van der Waals surface area contributed by atoms with Crippen LogP contribution in [0.15, 0.2) is 70.7 Å². The van der Waals surface area contributed by atoms with Crippen LogP contribution in [0.5, 0.6) is 11.5 Å². The summed E-state index contributed by atoms with van der Waals surface area (Å²) in [6.45, 7) is 1.80. The zero-order valence-electron chi connectivity index (χ0n) is 20.9. The van der Waals surface area contributed by atoms with Crippen LogP contribution in [0.25, 0.3) is 6.08 Å². The Kier molecular flexibility index (Phi) is 10.5. The van der Waals surface area contributed by atoms with Crippen LogP contribution in [0.3, 0.4) is 0 Å². The number of hydrogen-bond acceptors (Lipinski definition) is 7. The van der Waals surface area contributed by atoms with Crippen LogP contribution in [-0.4, -0.2) is 38.1 Å². The summed E-state index contributed by atoms with van der Waals surface area (Å²) in [5, 5.41) is 15.5. The first-order valence-electron chi connectivity index (χ1n) is 11.5. The SMILES string of the molecule is CCOc1cc(/C=C(\C#N)C(=O)Nc2ccc(C(=O)OC)cc2)cc(Br)c1OCC(=O)Nc1ccc(Cl)cc1. The number of hydrogen-bond donors (Lipinski definition) is 2. The molecule has 2 amide bonds. The molecule has 3 aromatic carbocycles. The minimum Gasteiger partial charge on any atom is -0.490 e. The van der Waals surface area contributed by atoms with Gasteiger partial charge in [0.15, 0.2) is 18.1 Å². The molecule has 0 saturated carbocycles. The Labute approximate surface area is 238 Å². The average Bonchev–Trinajstić information content (AvgIpc) is 2.92. The predicted octanol–water partition coefficient (Wildman–Crippen LogP) is 5.85. The van der Waals surface area contributed by atoms with Crippen molar-refractivity contribution in [3.05, 3.63) is 86.9 Å². The Morgan fingerprint density at radius 1 is 1.00 bits per heavy atom. The third-order valence-electron chi connectivity index (χ3n) is 5.05. The maximum absolute atomic E-state index is 12.7. The lowest BCUT2D eigenvalue weighted by Crippen LogP contribution is -2.20. The van der Waals surface area contributed by atoms with E-state index in [0.29, 0.717) is 44.4 Å². The van der Waals surface area contributed by atoms with Gasteiger partial charge in [-0.15, -0.1) is 0 Å². The molecule has 0 spiro atoms. The molecule has 0 aliphatic carbocycles. The van der Waals surface area contributed by atoms with Gasteiger partial charge in [0.25, 0.3) is 11.8 Å². The third kappa shape index (κ3) is 8.33. The van der Waals surface area contributed by atoms with Gasteiger partial charge in [0.1, 0.15) is 11.6 Å². The Balaban J connectivity index is 1.74. The van der Waals surface area contributed by atoms with Crippen LogP contribution in [0.1, 0.15) is 22.8 Å². The number of nitrogens with zero attached hydrogens (tertiary/aromatic N) is 1. The van der Waals surface area contributed by atoms with E-state index in [9.17, 15) is 19.6 Å². The van der Waals surface area contributed by atoms with E-state index in [0.717, 1.165) is 0 Å². The summed E-state index contributed by atoms with van der Waals surface area (Å²) in [7, 11) is 1.27. The highest BCUT2D eigenvalue weighted by Gasteiger charge is 2.16. The molecule has 0 atom stereocenters. The molecule has 200 valence electrons. The minimum absolute atomic E-state index is 0.169. The average molecular weight is 613 g/mol. The van der Waals surface area contributed by atoms with Crippen molar-refractivity contribution in [1.82, 2.24) is 0 Å². The van der Waals surface area contributed by atoms with Crippen molar-refractivity contribution in [1.29, 1.82) is 5.26 Å². The zero-order chi connectivity index (χ0) is 28.4. The molecule has 0 unspecified atom stereocenters. The smallest absolute Gasteiger partial charge is 0.337 e. The van der Waals surface area contributed by atoms with Crippen LogP contribution < -0.4 is 20.1 Å². The molecule has 11 heteroatoms. The Morgan fingerprint density at radius 3 is 2.26 bits per heavy atom. The monoisotopic (exact) mass is 611 g/mol. The number of nitrogens with one attached hydrogen (secondary N) is 2. The Hall–Kier alpha value is -4.33. The maximum Gasteiger partial charge on any atom is 0.337 e. The number of ether oxygens (including phenoxy) is 3. The minimum atomic E-state index is -0.642. The van der Waals surface area contributed by atoms with Gasteiger partial charge in [0, 0.05) is 16.4 Å². The number of esters is 1. The quantitative estimate of drug-likeness (QED) is 0.167. The van der Waals surface area contributed by atoms with E-state index in [1.165, 1.54) is 37.5 Å². The Morgan fingerprint density at radius 2 is 1.64 bits per heavy atom. The van der Waals surface area contributed by atoms with Crippen LogP contribution in [0.4, 0.5) is 11.4 Å². The summed E-state index contributed by atoms with van der Waals surface area (Å²) in [5.74, 6) is -0.937. The summed E-state index contributed by atoms with van der Waals surface area (Å²) in [5.41, 5.74) is 1.60. The first-order chi connectivity index (χ1) is 18.7. The topological polar surface area (TPSA) is 127 Å². The van der Waals surface area contributed by atoms with Crippen LogP contribution in [0.2, 0.25) is 5.02 Å². The van der Waals surface area contributed by atoms with Crippen molar-refractivity contribution in [2.24, 2.45) is 0 Å². The molecule has 0 radical (unpaired) electrons. The number of anilines is 2. The van der Waals surface area contributed by atoms with Gasteiger partial charge in [-0.25, -0.2) is 4.79 Å². The van der Waals surface area contributed by atoms with Gasteiger partial charge in [0.05, 0.1) is 23.8 Å². The summed E-state index contributed by atoms with van der Waals surface area (Å²) in [4.78, 5) is 36.7. The van der Waals surface area contributed by atoms with Gasteiger partial charge in [-0.1, -0.05) is 11.6 Å². The fraction of sp³-hybridized carbons (Fsp3) is 0.143. The molecule has 3 aromatic rings. The molecular weight excluding hydrogens is 590 g/mol. The van der Waals surface area contributed by atoms with E-state index < -0.39 is 17.8 Å². The van der Waals surface area contributed by atoms with E-state index in [-0.39, 0.29) is 17.9 Å². The fourth-order valence-electron chi connectivity index (χ4n) is 3.26. The lowest BCUT2D eigenvalue weighted by molar-refractivity contribution is -0.118. The number of methoxy groups -OCH3 is 1. The second-order valence-electron chi connectivity index (χ2n) is 7.80. The van der Waals surface area contributed by atoms with E-state index in [4.69, 9.17) is 21.1 Å².